The lowest BCUT2D eigenvalue weighted by Crippen LogP contribution is -1.96. The number of rotatable bonds is 3. The van der Waals surface area contributed by atoms with E-state index in [4.69, 9.17) is 10.5 Å². The molecule has 0 aliphatic carbocycles. The van der Waals surface area contributed by atoms with E-state index in [1.165, 1.54) is 3.57 Å². The smallest absolute Gasteiger partial charge is 0.127 e. The summed E-state index contributed by atoms with van der Waals surface area (Å²) in [6.45, 7) is 0.532. The Kier molecular flexibility index (Phi) is 3.79. The third-order valence-corrected chi connectivity index (χ3v) is 2.90. The van der Waals surface area contributed by atoms with Gasteiger partial charge in [-0.2, -0.15) is 0 Å². The molecule has 3 heteroatoms. The maximum atomic E-state index is 5.72. The standard InChI is InChI=1S/C13H12INO/c14-11-4-6-12(7-5-11)16-13-3-1-2-10(8-13)9-15/h1-8H,9,15H2. The van der Waals surface area contributed by atoms with E-state index in [9.17, 15) is 0 Å². The minimum atomic E-state index is 0.532. The average Bonchev–Trinajstić information content (AvgIpc) is 2.32. The van der Waals surface area contributed by atoms with Gasteiger partial charge in [0.1, 0.15) is 11.5 Å². The molecule has 2 aromatic rings. The Balaban J connectivity index is 2.16. The number of nitrogens with two attached hydrogens (primary N) is 1. The van der Waals surface area contributed by atoms with E-state index < -0.39 is 0 Å². The molecule has 2 nitrogen and oxygen atoms in total. The highest BCUT2D eigenvalue weighted by molar-refractivity contribution is 14.1. The van der Waals surface area contributed by atoms with Crippen molar-refractivity contribution in [3.8, 4) is 11.5 Å². The van der Waals surface area contributed by atoms with E-state index in [1.54, 1.807) is 0 Å². The van der Waals surface area contributed by atoms with Crippen molar-refractivity contribution >= 4 is 22.6 Å². The Hall–Kier alpha value is -1.07. The lowest BCUT2D eigenvalue weighted by Gasteiger charge is -2.06. The van der Waals surface area contributed by atoms with Crippen LogP contribution in [0.5, 0.6) is 11.5 Å². The van der Waals surface area contributed by atoms with Crippen molar-refractivity contribution in [2.45, 2.75) is 6.54 Å². The van der Waals surface area contributed by atoms with E-state index in [0.717, 1.165) is 17.1 Å². The Labute approximate surface area is 109 Å². The van der Waals surface area contributed by atoms with Gasteiger partial charge in [0.2, 0.25) is 0 Å². The van der Waals surface area contributed by atoms with Gasteiger partial charge in [-0.15, -0.1) is 0 Å². The summed E-state index contributed by atoms with van der Waals surface area (Å²) in [5, 5.41) is 0. The number of ether oxygens (including phenoxy) is 1. The van der Waals surface area contributed by atoms with Crippen molar-refractivity contribution in [1.29, 1.82) is 0 Å². The fraction of sp³-hybridized carbons (Fsp3) is 0.0769. The molecule has 2 aromatic carbocycles. The van der Waals surface area contributed by atoms with Crippen LogP contribution < -0.4 is 10.5 Å². The molecular formula is C13H12INO. The molecular weight excluding hydrogens is 313 g/mol. The third-order valence-electron chi connectivity index (χ3n) is 2.18. The zero-order valence-electron chi connectivity index (χ0n) is 8.69. The van der Waals surface area contributed by atoms with Crippen molar-refractivity contribution in [1.82, 2.24) is 0 Å². The van der Waals surface area contributed by atoms with E-state index in [0.29, 0.717) is 6.54 Å². The predicted molar refractivity (Wildman–Crippen MR) is 73.6 cm³/mol. The van der Waals surface area contributed by atoms with Crippen molar-refractivity contribution < 1.29 is 4.74 Å². The molecule has 0 aliphatic rings. The highest BCUT2D eigenvalue weighted by Crippen LogP contribution is 2.22. The molecule has 0 fully saturated rings. The molecule has 2 rings (SSSR count). The van der Waals surface area contributed by atoms with Crippen LogP contribution in [-0.2, 0) is 6.54 Å². The molecule has 0 unspecified atom stereocenters. The quantitative estimate of drug-likeness (QED) is 0.876. The second-order valence-electron chi connectivity index (χ2n) is 3.41. The monoisotopic (exact) mass is 325 g/mol. The zero-order chi connectivity index (χ0) is 11.4. The Morgan fingerprint density at radius 3 is 2.44 bits per heavy atom. The van der Waals surface area contributed by atoms with E-state index >= 15 is 0 Å². The van der Waals surface area contributed by atoms with Gasteiger partial charge in [0.15, 0.2) is 0 Å². The van der Waals surface area contributed by atoms with Crippen molar-refractivity contribution in [2.24, 2.45) is 5.73 Å². The van der Waals surface area contributed by atoms with Crippen molar-refractivity contribution in [3.63, 3.8) is 0 Å². The van der Waals surface area contributed by atoms with Gasteiger partial charge >= 0.3 is 0 Å². The first-order valence-electron chi connectivity index (χ1n) is 5.00. The summed E-state index contributed by atoms with van der Waals surface area (Å²) in [6, 6.07) is 15.8. The molecule has 0 aliphatic heterocycles. The van der Waals surface area contributed by atoms with E-state index in [1.807, 2.05) is 48.5 Å². The fourth-order valence-electron chi connectivity index (χ4n) is 1.37. The Morgan fingerprint density at radius 2 is 1.75 bits per heavy atom. The number of benzene rings is 2. The second-order valence-corrected chi connectivity index (χ2v) is 4.65. The first-order valence-corrected chi connectivity index (χ1v) is 6.08. The molecule has 0 atom stereocenters. The molecule has 0 radical (unpaired) electrons. The van der Waals surface area contributed by atoms with Crippen molar-refractivity contribution in [2.75, 3.05) is 0 Å². The van der Waals surface area contributed by atoms with Crippen LogP contribution in [-0.4, -0.2) is 0 Å². The minimum absolute atomic E-state index is 0.532. The van der Waals surface area contributed by atoms with Gasteiger partial charge in [-0.05, 0) is 64.6 Å². The number of halogens is 1. The highest BCUT2D eigenvalue weighted by atomic mass is 127. The van der Waals surface area contributed by atoms with Crippen LogP contribution in [0.3, 0.4) is 0 Å². The SMILES string of the molecule is NCc1cccc(Oc2ccc(I)cc2)c1. The van der Waals surface area contributed by atoms with Gasteiger partial charge in [0.05, 0.1) is 0 Å². The normalized spacial score (nSPS) is 10.1. The highest BCUT2D eigenvalue weighted by Gasteiger charge is 1.98. The zero-order valence-corrected chi connectivity index (χ0v) is 10.8. The van der Waals surface area contributed by atoms with Crippen LogP contribution in [0.25, 0.3) is 0 Å². The maximum Gasteiger partial charge on any atom is 0.127 e. The van der Waals surface area contributed by atoms with Gasteiger partial charge in [0.25, 0.3) is 0 Å². The predicted octanol–water partition coefficient (Wildman–Crippen LogP) is 3.54. The summed E-state index contributed by atoms with van der Waals surface area (Å²) < 4.78 is 6.91. The van der Waals surface area contributed by atoms with E-state index in [2.05, 4.69) is 22.6 Å². The van der Waals surface area contributed by atoms with Gasteiger partial charge < -0.3 is 10.5 Å². The molecule has 0 amide bonds. The van der Waals surface area contributed by atoms with Gasteiger partial charge in [0, 0.05) is 10.1 Å². The number of hydrogen-bond acceptors (Lipinski definition) is 2. The molecule has 0 saturated carbocycles. The lowest BCUT2D eigenvalue weighted by atomic mass is 10.2. The molecule has 0 aromatic heterocycles. The molecule has 0 spiro atoms. The van der Waals surface area contributed by atoms with Gasteiger partial charge in [-0.25, -0.2) is 0 Å². The van der Waals surface area contributed by atoms with Crippen LogP contribution in [0.2, 0.25) is 0 Å². The van der Waals surface area contributed by atoms with Crippen molar-refractivity contribution in [3.05, 3.63) is 57.7 Å². The van der Waals surface area contributed by atoms with Gasteiger partial charge in [-0.3, -0.25) is 0 Å². The van der Waals surface area contributed by atoms with Crippen LogP contribution >= 0.6 is 22.6 Å². The summed E-state index contributed by atoms with van der Waals surface area (Å²) in [5.74, 6) is 1.67. The molecule has 82 valence electrons. The first kappa shape index (κ1) is 11.4. The molecule has 2 N–H and O–H groups in total. The van der Waals surface area contributed by atoms with Crippen LogP contribution in [0.15, 0.2) is 48.5 Å². The third kappa shape index (κ3) is 2.96. The topological polar surface area (TPSA) is 35.2 Å². The largest absolute Gasteiger partial charge is 0.457 e. The van der Waals surface area contributed by atoms with Crippen LogP contribution in [0, 0.1) is 3.57 Å². The summed E-state index contributed by atoms with van der Waals surface area (Å²) in [6.07, 6.45) is 0. The molecule has 0 heterocycles. The maximum absolute atomic E-state index is 5.72. The number of hydrogen-bond donors (Lipinski definition) is 1. The van der Waals surface area contributed by atoms with Crippen LogP contribution in [0.1, 0.15) is 5.56 Å². The summed E-state index contributed by atoms with van der Waals surface area (Å²) in [4.78, 5) is 0. The van der Waals surface area contributed by atoms with Gasteiger partial charge in [-0.1, -0.05) is 12.1 Å². The average molecular weight is 325 g/mol. The second kappa shape index (κ2) is 5.32. The van der Waals surface area contributed by atoms with E-state index in [-0.39, 0.29) is 0 Å². The Morgan fingerprint density at radius 1 is 1.00 bits per heavy atom. The molecule has 0 saturated heterocycles. The summed E-state index contributed by atoms with van der Waals surface area (Å²) in [5.41, 5.74) is 6.65. The minimum Gasteiger partial charge on any atom is -0.457 e. The van der Waals surface area contributed by atoms with Crippen LogP contribution in [0.4, 0.5) is 0 Å². The summed E-state index contributed by atoms with van der Waals surface area (Å²) >= 11 is 2.27. The summed E-state index contributed by atoms with van der Waals surface area (Å²) in [7, 11) is 0. The first-order chi connectivity index (χ1) is 7.78. The Bertz CT molecular complexity index is 468. The molecule has 0 bridgehead atoms. The fourth-order valence-corrected chi connectivity index (χ4v) is 1.73. The lowest BCUT2D eigenvalue weighted by molar-refractivity contribution is 0.482. The molecule has 16 heavy (non-hydrogen) atoms.